The first-order valence-corrected chi connectivity index (χ1v) is 4.52. The molecule has 1 saturated heterocycles. The highest BCUT2D eigenvalue weighted by atomic mass is 16.5. The SMILES string of the molecule is CN1CCN(c2noc(C=O)n2)CC1. The van der Waals surface area contributed by atoms with Gasteiger partial charge in [0, 0.05) is 26.2 Å². The third-order valence-corrected chi connectivity index (χ3v) is 2.32. The highest BCUT2D eigenvalue weighted by molar-refractivity contribution is 5.67. The van der Waals surface area contributed by atoms with Gasteiger partial charge >= 0.3 is 0 Å². The van der Waals surface area contributed by atoms with E-state index < -0.39 is 0 Å². The maximum Gasteiger partial charge on any atom is 0.292 e. The zero-order valence-corrected chi connectivity index (χ0v) is 8.01. The molecular weight excluding hydrogens is 184 g/mol. The van der Waals surface area contributed by atoms with E-state index >= 15 is 0 Å². The summed E-state index contributed by atoms with van der Waals surface area (Å²) < 4.78 is 4.71. The molecule has 2 rings (SSSR count). The lowest BCUT2D eigenvalue weighted by Crippen LogP contribution is -2.44. The van der Waals surface area contributed by atoms with Crippen molar-refractivity contribution in [2.24, 2.45) is 0 Å². The van der Waals surface area contributed by atoms with Gasteiger partial charge in [0.1, 0.15) is 0 Å². The second-order valence-electron chi connectivity index (χ2n) is 3.34. The summed E-state index contributed by atoms with van der Waals surface area (Å²) in [6.45, 7) is 3.69. The molecule has 0 saturated carbocycles. The minimum atomic E-state index is 0.0407. The van der Waals surface area contributed by atoms with Crippen LogP contribution in [0.15, 0.2) is 4.52 Å². The van der Waals surface area contributed by atoms with Gasteiger partial charge in [0.25, 0.3) is 11.8 Å². The Morgan fingerprint density at radius 2 is 2.07 bits per heavy atom. The monoisotopic (exact) mass is 196 g/mol. The number of hydrogen-bond donors (Lipinski definition) is 0. The summed E-state index contributed by atoms with van der Waals surface area (Å²) in [7, 11) is 2.07. The summed E-state index contributed by atoms with van der Waals surface area (Å²) in [6, 6.07) is 0. The average molecular weight is 196 g/mol. The molecule has 14 heavy (non-hydrogen) atoms. The largest absolute Gasteiger partial charge is 0.336 e. The summed E-state index contributed by atoms with van der Waals surface area (Å²) in [5.74, 6) is 0.555. The number of aromatic nitrogens is 2. The molecule has 1 fully saturated rings. The standard InChI is InChI=1S/C8H12N4O2/c1-11-2-4-12(5-3-11)8-9-7(6-13)14-10-8/h6H,2-5H2,1H3. The van der Waals surface area contributed by atoms with E-state index in [2.05, 4.69) is 22.1 Å². The topological polar surface area (TPSA) is 62.5 Å². The molecule has 1 aliphatic rings. The van der Waals surface area contributed by atoms with Gasteiger partial charge in [0.2, 0.25) is 6.29 Å². The summed E-state index contributed by atoms with van der Waals surface area (Å²) >= 11 is 0. The van der Waals surface area contributed by atoms with Crippen LogP contribution in [0, 0.1) is 0 Å². The minimum Gasteiger partial charge on any atom is -0.336 e. The first kappa shape index (κ1) is 9.14. The Morgan fingerprint density at radius 3 is 2.64 bits per heavy atom. The van der Waals surface area contributed by atoms with Crippen molar-refractivity contribution in [3.8, 4) is 0 Å². The molecule has 0 spiro atoms. The first-order chi connectivity index (χ1) is 6.79. The van der Waals surface area contributed by atoms with Crippen LogP contribution in [0.25, 0.3) is 0 Å². The fourth-order valence-electron chi connectivity index (χ4n) is 1.41. The first-order valence-electron chi connectivity index (χ1n) is 4.52. The number of aldehydes is 1. The second-order valence-corrected chi connectivity index (χ2v) is 3.34. The van der Waals surface area contributed by atoms with E-state index in [1.807, 2.05) is 4.90 Å². The molecule has 0 unspecified atom stereocenters. The fourth-order valence-corrected chi connectivity index (χ4v) is 1.41. The summed E-state index contributed by atoms with van der Waals surface area (Å²) in [5.41, 5.74) is 0. The Hall–Kier alpha value is -1.43. The predicted octanol–water partition coefficient (Wildman–Crippen LogP) is -0.366. The number of carbonyl (C=O) groups excluding carboxylic acids is 1. The summed E-state index contributed by atoms with van der Waals surface area (Å²) in [5, 5.41) is 3.73. The molecule has 0 radical (unpaired) electrons. The van der Waals surface area contributed by atoms with Crippen LogP contribution in [-0.2, 0) is 0 Å². The number of nitrogens with zero attached hydrogens (tertiary/aromatic N) is 4. The van der Waals surface area contributed by atoms with Crippen molar-refractivity contribution < 1.29 is 9.32 Å². The molecule has 0 bridgehead atoms. The van der Waals surface area contributed by atoms with Gasteiger partial charge < -0.3 is 14.3 Å². The molecule has 1 aliphatic heterocycles. The van der Waals surface area contributed by atoms with Crippen molar-refractivity contribution in [1.82, 2.24) is 15.0 Å². The van der Waals surface area contributed by atoms with E-state index in [1.54, 1.807) is 0 Å². The molecule has 2 heterocycles. The maximum absolute atomic E-state index is 10.3. The summed E-state index contributed by atoms with van der Waals surface area (Å²) in [6.07, 6.45) is 0.562. The molecule has 0 aliphatic carbocycles. The Labute approximate surface area is 81.5 Å². The molecule has 1 aromatic rings. The average Bonchev–Trinajstić information content (AvgIpc) is 2.67. The normalized spacial score (nSPS) is 18.5. The van der Waals surface area contributed by atoms with Crippen LogP contribution >= 0.6 is 0 Å². The van der Waals surface area contributed by atoms with Crippen LogP contribution < -0.4 is 4.90 Å². The van der Waals surface area contributed by atoms with Crippen molar-refractivity contribution in [2.45, 2.75) is 0 Å². The minimum absolute atomic E-state index is 0.0407. The van der Waals surface area contributed by atoms with Crippen molar-refractivity contribution in [3.63, 3.8) is 0 Å². The van der Waals surface area contributed by atoms with Crippen LogP contribution in [-0.4, -0.2) is 54.6 Å². The van der Waals surface area contributed by atoms with Crippen molar-refractivity contribution in [3.05, 3.63) is 5.89 Å². The van der Waals surface area contributed by atoms with Crippen molar-refractivity contribution in [2.75, 3.05) is 38.1 Å². The third-order valence-electron chi connectivity index (χ3n) is 2.32. The Morgan fingerprint density at radius 1 is 1.36 bits per heavy atom. The van der Waals surface area contributed by atoms with Crippen LogP contribution in [0.2, 0.25) is 0 Å². The molecule has 1 aromatic heterocycles. The van der Waals surface area contributed by atoms with Gasteiger partial charge in [0.05, 0.1) is 0 Å². The number of carbonyl (C=O) groups is 1. The zero-order valence-electron chi connectivity index (χ0n) is 8.01. The van der Waals surface area contributed by atoms with Crippen LogP contribution in [0.3, 0.4) is 0 Å². The highest BCUT2D eigenvalue weighted by Crippen LogP contribution is 2.10. The molecule has 0 atom stereocenters. The van der Waals surface area contributed by atoms with Gasteiger partial charge in [-0.2, -0.15) is 4.98 Å². The molecular formula is C8H12N4O2. The number of piperazine rings is 1. The van der Waals surface area contributed by atoms with Crippen LogP contribution in [0.1, 0.15) is 10.7 Å². The van der Waals surface area contributed by atoms with E-state index in [0.29, 0.717) is 12.2 Å². The van der Waals surface area contributed by atoms with Gasteiger partial charge in [-0.1, -0.05) is 0 Å². The van der Waals surface area contributed by atoms with Gasteiger partial charge in [-0.3, -0.25) is 4.79 Å². The maximum atomic E-state index is 10.3. The Bertz CT molecular complexity index is 317. The van der Waals surface area contributed by atoms with E-state index in [1.165, 1.54) is 0 Å². The molecule has 0 amide bonds. The van der Waals surface area contributed by atoms with E-state index in [0.717, 1.165) is 26.2 Å². The molecule has 6 heteroatoms. The Balaban J connectivity index is 2.04. The second kappa shape index (κ2) is 3.75. The number of likely N-dealkylation sites (N-methyl/N-ethyl adjacent to an activating group) is 1. The smallest absolute Gasteiger partial charge is 0.292 e. The number of rotatable bonds is 2. The highest BCUT2D eigenvalue weighted by Gasteiger charge is 2.18. The van der Waals surface area contributed by atoms with Crippen molar-refractivity contribution in [1.29, 1.82) is 0 Å². The number of anilines is 1. The lowest BCUT2D eigenvalue weighted by Gasteiger charge is -2.31. The van der Waals surface area contributed by atoms with Crippen LogP contribution in [0.5, 0.6) is 0 Å². The quantitative estimate of drug-likeness (QED) is 0.602. The van der Waals surface area contributed by atoms with Crippen molar-refractivity contribution >= 4 is 12.2 Å². The van der Waals surface area contributed by atoms with Gasteiger partial charge in [0.15, 0.2) is 0 Å². The lowest BCUT2D eigenvalue weighted by atomic mass is 10.3. The zero-order chi connectivity index (χ0) is 9.97. The summed E-state index contributed by atoms with van der Waals surface area (Å²) in [4.78, 5) is 18.5. The van der Waals surface area contributed by atoms with E-state index in [9.17, 15) is 4.79 Å². The molecule has 76 valence electrons. The lowest BCUT2D eigenvalue weighted by molar-refractivity contribution is 0.108. The third kappa shape index (κ3) is 1.74. The van der Waals surface area contributed by atoms with Gasteiger partial charge in [-0.25, -0.2) is 0 Å². The number of hydrogen-bond acceptors (Lipinski definition) is 6. The Kier molecular flexibility index (Phi) is 2.45. The molecule has 0 N–H and O–H groups in total. The van der Waals surface area contributed by atoms with Crippen LogP contribution in [0.4, 0.5) is 5.95 Å². The molecule has 6 nitrogen and oxygen atoms in total. The predicted molar refractivity (Wildman–Crippen MR) is 49.4 cm³/mol. The van der Waals surface area contributed by atoms with E-state index in [-0.39, 0.29) is 5.89 Å². The molecule has 0 aromatic carbocycles. The van der Waals surface area contributed by atoms with E-state index in [4.69, 9.17) is 4.52 Å². The van der Waals surface area contributed by atoms with Gasteiger partial charge in [-0.15, -0.1) is 0 Å². The van der Waals surface area contributed by atoms with Gasteiger partial charge in [-0.05, 0) is 12.2 Å². The fraction of sp³-hybridized carbons (Fsp3) is 0.625.